The molecule has 0 aliphatic carbocycles. The molecule has 0 unspecified atom stereocenters. The predicted octanol–water partition coefficient (Wildman–Crippen LogP) is 2.38. The summed E-state index contributed by atoms with van der Waals surface area (Å²) in [6, 6.07) is 0.481. The zero-order valence-corrected chi connectivity index (χ0v) is 15.8. The SMILES string of the molecule is CCCOCC[Si](OC)(OC)OC(OCC)(OCC)OCC. The van der Waals surface area contributed by atoms with Crippen LogP contribution < -0.4 is 0 Å². The molecule has 0 saturated heterocycles. The predicted molar refractivity (Wildman–Crippen MR) is 84.4 cm³/mol. The highest BCUT2D eigenvalue weighted by Crippen LogP contribution is 2.26. The highest BCUT2D eigenvalue weighted by molar-refractivity contribution is 6.60. The Morgan fingerprint density at radius 3 is 1.64 bits per heavy atom. The first-order valence-corrected chi connectivity index (χ1v) is 9.80. The quantitative estimate of drug-likeness (QED) is 0.258. The Kier molecular flexibility index (Phi) is 12.3. The summed E-state index contributed by atoms with van der Waals surface area (Å²) < 4.78 is 39.2. The molecule has 0 radical (unpaired) electrons. The third kappa shape index (κ3) is 7.47. The van der Waals surface area contributed by atoms with Gasteiger partial charge in [0.05, 0.1) is 26.4 Å². The summed E-state index contributed by atoms with van der Waals surface area (Å²) in [6.07, 6.45) is -0.655. The van der Waals surface area contributed by atoms with E-state index in [0.29, 0.717) is 39.1 Å². The molecule has 0 aromatic carbocycles. The first-order chi connectivity index (χ1) is 10.6. The third-order valence-electron chi connectivity index (χ3n) is 2.77. The Hall–Kier alpha value is -0.0631. The fraction of sp³-hybridized carbons (Fsp3) is 1.00. The maximum atomic E-state index is 5.97. The van der Waals surface area contributed by atoms with Gasteiger partial charge in [-0.05, 0) is 27.2 Å². The van der Waals surface area contributed by atoms with Gasteiger partial charge in [-0.3, -0.25) is 4.43 Å². The maximum absolute atomic E-state index is 5.97. The molecule has 0 spiro atoms. The molecular formula is C14H32O7Si. The van der Waals surface area contributed by atoms with Gasteiger partial charge in [0.2, 0.25) is 0 Å². The van der Waals surface area contributed by atoms with E-state index < -0.39 is 15.0 Å². The van der Waals surface area contributed by atoms with Crippen LogP contribution in [0, 0.1) is 0 Å². The second-order valence-electron chi connectivity index (χ2n) is 4.35. The van der Waals surface area contributed by atoms with Gasteiger partial charge >= 0.3 is 15.0 Å². The highest BCUT2D eigenvalue weighted by atomic mass is 28.4. The van der Waals surface area contributed by atoms with Gasteiger partial charge in [0.15, 0.2) is 0 Å². The summed E-state index contributed by atoms with van der Waals surface area (Å²) in [5.41, 5.74) is 0. The molecule has 0 N–H and O–H groups in total. The average Bonchev–Trinajstić information content (AvgIpc) is 2.51. The van der Waals surface area contributed by atoms with Gasteiger partial charge in [-0.2, -0.15) is 0 Å². The summed E-state index contributed by atoms with van der Waals surface area (Å²) in [4.78, 5) is 0. The van der Waals surface area contributed by atoms with Crippen LogP contribution in [0.2, 0.25) is 6.04 Å². The summed E-state index contributed by atoms with van der Waals surface area (Å²) >= 11 is 0. The van der Waals surface area contributed by atoms with Gasteiger partial charge in [0.1, 0.15) is 0 Å². The minimum absolute atomic E-state index is 0.365. The number of hydrogen-bond acceptors (Lipinski definition) is 7. The lowest BCUT2D eigenvalue weighted by Gasteiger charge is -2.37. The van der Waals surface area contributed by atoms with E-state index in [1.807, 2.05) is 20.8 Å². The molecule has 22 heavy (non-hydrogen) atoms. The van der Waals surface area contributed by atoms with E-state index in [4.69, 9.17) is 32.2 Å². The minimum Gasteiger partial charge on any atom is -0.381 e. The molecule has 0 saturated carbocycles. The number of rotatable bonds is 15. The molecule has 0 rings (SSSR count). The van der Waals surface area contributed by atoms with Crippen LogP contribution in [0.25, 0.3) is 0 Å². The van der Waals surface area contributed by atoms with Crippen molar-refractivity contribution >= 4 is 8.80 Å². The molecule has 0 atom stereocenters. The van der Waals surface area contributed by atoms with Crippen LogP contribution in [0.4, 0.5) is 0 Å². The minimum atomic E-state index is -3.04. The van der Waals surface area contributed by atoms with Gasteiger partial charge in [-0.1, -0.05) is 6.92 Å². The zero-order valence-electron chi connectivity index (χ0n) is 14.8. The molecule has 8 heteroatoms. The molecule has 0 aliphatic rings. The topological polar surface area (TPSA) is 64.6 Å². The van der Waals surface area contributed by atoms with E-state index >= 15 is 0 Å². The van der Waals surface area contributed by atoms with Crippen molar-refractivity contribution in [1.29, 1.82) is 0 Å². The van der Waals surface area contributed by atoms with Crippen LogP contribution in [0.3, 0.4) is 0 Å². The summed E-state index contributed by atoms with van der Waals surface area (Å²) in [5.74, 6) is 0. The average molecular weight is 340 g/mol. The van der Waals surface area contributed by atoms with E-state index in [0.717, 1.165) is 6.42 Å². The Labute approximate surface area is 135 Å². The van der Waals surface area contributed by atoms with E-state index in [2.05, 4.69) is 6.92 Å². The maximum Gasteiger partial charge on any atom is 0.508 e. The number of hydrogen-bond donors (Lipinski definition) is 0. The van der Waals surface area contributed by atoms with E-state index in [1.54, 1.807) is 14.2 Å². The van der Waals surface area contributed by atoms with Gasteiger partial charge in [0.25, 0.3) is 0 Å². The van der Waals surface area contributed by atoms with Crippen molar-refractivity contribution in [1.82, 2.24) is 0 Å². The van der Waals surface area contributed by atoms with Crippen molar-refractivity contribution < 1.29 is 32.2 Å². The van der Waals surface area contributed by atoms with Crippen LogP contribution in [-0.4, -0.2) is 62.2 Å². The van der Waals surface area contributed by atoms with Gasteiger partial charge in [-0.15, -0.1) is 0 Å². The fourth-order valence-corrected chi connectivity index (χ4v) is 3.60. The normalized spacial score (nSPS) is 12.8. The Morgan fingerprint density at radius 1 is 0.773 bits per heavy atom. The van der Waals surface area contributed by atoms with Gasteiger partial charge in [-0.25, -0.2) is 0 Å². The molecule has 0 aromatic rings. The van der Waals surface area contributed by atoms with E-state index in [1.165, 1.54) is 0 Å². The molecule has 7 nitrogen and oxygen atoms in total. The monoisotopic (exact) mass is 340 g/mol. The standard InChI is InChI=1S/C14H32O7Si/c1-7-11-17-12-13-22(15-5,16-6)21-14(18-8-2,19-9-3)20-10-4/h7-13H2,1-6H3. The lowest BCUT2D eigenvalue weighted by atomic mass is 10.5. The molecular weight excluding hydrogens is 308 g/mol. The van der Waals surface area contributed by atoms with Crippen LogP contribution in [0.15, 0.2) is 0 Å². The van der Waals surface area contributed by atoms with Crippen molar-refractivity contribution in [3.05, 3.63) is 0 Å². The smallest absolute Gasteiger partial charge is 0.381 e. The zero-order chi connectivity index (χ0) is 16.9. The van der Waals surface area contributed by atoms with Crippen molar-refractivity contribution in [3.8, 4) is 0 Å². The second-order valence-corrected chi connectivity index (χ2v) is 7.24. The van der Waals surface area contributed by atoms with Crippen molar-refractivity contribution in [2.45, 2.75) is 46.3 Å². The van der Waals surface area contributed by atoms with Crippen LogP contribution in [0.5, 0.6) is 0 Å². The van der Waals surface area contributed by atoms with Crippen molar-refractivity contribution in [3.63, 3.8) is 0 Å². The first-order valence-electron chi connectivity index (χ1n) is 7.87. The summed E-state index contributed by atoms with van der Waals surface area (Å²) in [6.45, 7) is 9.82. The van der Waals surface area contributed by atoms with Crippen LogP contribution in [-0.2, 0) is 32.2 Å². The lowest BCUT2D eigenvalue weighted by Crippen LogP contribution is -2.56. The van der Waals surface area contributed by atoms with Gasteiger partial charge in [0, 0.05) is 26.9 Å². The Morgan fingerprint density at radius 2 is 1.27 bits per heavy atom. The Bertz CT molecular complexity index is 245. The molecule has 0 amide bonds. The fourth-order valence-electron chi connectivity index (χ4n) is 1.80. The molecule has 0 bridgehead atoms. The second kappa shape index (κ2) is 12.4. The number of ether oxygens (including phenoxy) is 4. The third-order valence-corrected chi connectivity index (χ3v) is 5.39. The van der Waals surface area contributed by atoms with Crippen LogP contribution >= 0.6 is 0 Å². The van der Waals surface area contributed by atoms with Crippen molar-refractivity contribution in [2.75, 3.05) is 47.3 Å². The molecule has 134 valence electrons. The summed E-state index contributed by atoms with van der Waals surface area (Å²) in [5, 5.41) is 0. The lowest BCUT2D eigenvalue weighted by molar-refractivity contribution is -0.478. The molecule has 0 aliphatic heterocycles. The first kappa shape index (κ1) is 21.9. The van der Waals surface area contributed by atoms with E-state index in [-0.39, 0.29) is 0 Å². The molecule has 0 aromatic heterocycles. The van der Waals surface area contributed by atoms with Gasteiger partial charge < -0.3 is 27.8 Å². The Balaban J connectivity index is 5.00. The largest absolute Gasteiger partial charge is 0.508 e. The van der Waals surface area contributed by atoms with Crippen molar-refractivity contribution in [2.24, 2.45) is 0 Å². The summed E-state index contributed by atoms with van der Waals surface area (Å²) in [7, 11) is 0.0510. The molecule has 0 heterocycles. The van der Waals surface area contributed by atoms with E-state index in [9.17, 15) is 0 Å². The van der Waals surface area contributed by atoms with Crippen LogP contribution in [0.1, 0.15) is 34.1 Å². The highest BCUT2D eigenvalue weighted by Gasteiger charge is 2.50. The molecule has 0 fully saturated rings.